The molecule has 0 bridgehead atoms. The number of ether oxygens (including phenoxy) is 4. The Bertz CT molecular complexity index is 1590. The van der Waals surface area contributed by atoms with Gasteiger partial charge in [-0.2, -0.15) is 0 Å². The molecule has 0 radical (unpaired) electrons. The molecule has 1 heterocycles. The monoisotopic (exact) mass is 508 g/mol. The van der Waals surface area contributed by atoms with Crippen molar-refractivity contribution >= 4 is 45.8 Å². The molecule has 0 saturated heterocycles. The highest BCUT2D eigenvalue weighted by atomic mass is 16.6. The summed E-state index contributed by atoms with van der Waals surface area (Å²) in [4.78, 5) is 48.0. The summed E-state index contributed by atoms with van der Waals surface area (Å²) in [6.07, 6.45) is 0. The molecule has 4 aromatic rings. The summed E-state index contributed by atoms with van der Waals surface area (Å²) in [6.45, 7) is 4.54. The van der Waals surface area contributed by atoms with Crippen molar-refractivity contribution in [1.29, 1.82) is 0 Å². The van der Waals surface area contributed by atoms with E-state index in [0.717, 1.165) is 33.8 Å². The van der Waals surface area contributed by atoms with Crippen molar-refractivity contribution < 1.29 is 52.8 Å². The van der Waals surface area contributed by atoms with Crippen molar-refractivity contribution in [3.05, 3.63) is 36.4 Å². The Balaban J connectivity index is 2.25. The van der Waals surface area contributed by atoms with Gasteiger partial charge in [-0.15, -0.1) is 0 Å². The molecule has 37 heavy (non-hydrogen) atoms. The first-order chi connectivity index (χ1) is 17.5. The lowest BCUT2D eigenvalue weighted by molar-refractivity contribution is -0.134. The predicted octanol–water partition coefficient (Wildman–Crippen LogP) is 4.37. The number of aromatic hydroxyl groups is 2. The largest absolute Gasteiger partial charge is 0.508 e. The van der Waals surface area contributed by atoms with Crippen molar-refractivity contribution in [1.82, 2.24) is 0 Å². The Kier molecular flexibility index (Phi) is 6.45. The Morgan fingerprint density at radius 1 is 0.703 bits per heavy atom. The SMILES string of the molecule is CC(=O)Oc1cc2c(cc1O)oc1c(OC(C)=O)c(-c3ccc(O)cc3)c(OC(C)=O)c(OC(C)=O)c12. The molecular formula is C26H20O11. The van der Waals surface area contributed by atoms with Crippen LogP contribution in [0.15, 0.2) is 40.8 Å². The van der Waals surface area contributed by atoms with Crippen molar-refractivity contribution in [3.8, 4) is 45.6 Å². The second-order valence-electron chi connectivity index (χ2n) is 7.91. The van der Waals surface area contributed by atoms with E-state index in [-0.39, 0.29) is 56.2 Å². The van der Waals surface area contributed by atoms with Crippen LogP contribution in [-0.2, 0) is 19.2 Å². The number of fused-ring (bicyclic) bond motifs is 3. The standard InChI is InChI=1S/C26H20O11/c1-11(27)33-20-9-17-19(10-18(20)32)37-26-22(17)25(36-14(4)30)23(34-12(2)28)21(24(26)35-13(3)29)15-5-7-16(31)8-6-15/h5-10,31-32H,1-4H3. The van der Waals surface area contributed by atoms with E-state index < -0.39 is 29.6 Å². The fourth-order valence-corrected chi connectivity index (χ4v) is 3.79. The molecule has 11 heteroatoms. The second kappa shape index (κ2) is 9.53. The number of hydrogen-bond donors (Lipinski definition) is 2. The summed E-state index contributed by atoms with van der Waals surface area (Å²) in [5, 5.41) is 20.3. The maximum absolute atomic E-state index is 12.2. The summed E-state index contributed by atoms with van der Waals surface area (Å²) >= 11 is 0. The van der Waals surface area contributed by atoms with Crippen LogP contribution < -0.4 is 18.9 Å². The van der Waals surface area contributed by atoms with E-state index in [2.05, 4.69) is 0 Å². The van der Waals surface area contributed by atoms with Gasteiger partial charge in [-0.05, 0) is 23.8 Å². The first kappa shape index (κ1) is 25.0. The second-order valence-corrected chi connectivity index (χ2v) is 7.91. The highest BCUT2D eigenvalue weighted by molar-refractivity contribution is 6.16. The van der Waals surface area contributed by atoms with E-state index >= 15 is 0 Å². The number of phenolic OH excluding ortho intramolecular Hbond substituents is 2. The van der Waals surface area contributed by atoms with E-state index in [4.69, 9.17) is 23.4 Å². The van der Waals surface area contributed by atoms with E-state index in [1.807, 2.05) is 0 Å². The number of phenols is 2. The van der Waals surface area contributed by atoms with Gasteiger partial charge in [0.15, 0.2) is 34.3 Å². The molecule has 11 nitrogen and oxygen atoms in total. The minimum atomic E-state index is -0.785. The zero-order valence-corrected chi connectivity index (χ0v) is 20.0. The Hall–Kier alpha value is -5.06. The predicted molar refractivity (Wildman–Crippen MR) is 128 cm³/mol. The third-order valence-corrected chi connectivity index (χ3v) is 5.01. The van der Waals surface area contributed by atoms with Crippen LogP contribution in [0.25, 0.3) is 33.1 Å². The van der Waals surface area contributed by atoms with Crippen LogP contribution in [0.2, 0.25) is 0 Å². The highest BCUT2D eigenvalue weighted by Gasteiger charge is 2.32. The molecule has 190 valence electrons. The maximum atomic E-state index is 12.2. The summed E-state index contributed by atoms with van der Waals surface area (Å²) in [5.74, 6) is -4.46. The Morgan fingerprint density at radius 3 is 1.81 bits per heavy atom. The average molecular weight is 508 g/mol. The first-order valence-electron chi connectivity index (χ1n) is 10.8. The van der Waals surface area contributed by atoms with E-state index in [0.29, 0.717) is 5.56 Å². The number of benzene rings is 3. The van der Waals surface area contributed by atoms with E-state index in [1.54, 1.807) is 0 Å². The van der Waals surface area contributed by atoms with Gasteiger partial charge in [0.1, 0.15) is 11.3 Å². The third kappa shape index (κ3) is 4.87. The van der Waals surface area contributed by atoms with E-state index in [9.17, 15) is 29.4 Å². The highest BCUT2D eigenvalue weighted by Crippen LogP contribution is 2.55. The number of furan rings is 1. The molecule has 3 aromatic carbocycles. The molecule has 0 atom stereocenters. The lowest BCUT2D eigenvalue weighted by Gasteiger charge is -2.18. The number of esters is 4. The van der Waals surface area contributed by atoms with E-state index in [1.165, 1.54) is 30.3 Å². The van der Waals surface area contributed by atoms with Gasteiger partial charge >= 0.3 is 23.9 Å². The molecule has 1 aromatic heterocycles. The van der Waals surface area contributed by atoms with Gasteiger partial charge in [0.05, 0.1) is 10.9 Å². The van der Waals surface area contributed by atoms with Crippen molar-refractivity contribution in [2.45, 2.75) is 27.7 Å². The smallest absolute Gasteiger partial charge is 0.308 e. The molecule has 0 amide bonds. The van der Waals surface area contributed by atoms with Crippen LogP contribution in [0.1, 0.15) is 27.7 Å². The Labute approximate surface area is 208 Å². The molecule has 0 aliphatic rings. The molecule has 0 spiro atoms. The fraction of sp³-hybridized carbons (Fsp3) is 0.154. The van der Waals surface area contributed by atoms with Gasteiger partial charge in [0, 0.05) is 39.1 Å². The number of carbonyl (C=O) groups is 4. The van der Waals surface area contributed by atoms with Crippen LogP contribution in [0, 0.1) is 0 Å². The minimum Gasteiger partial charge on any atom is -0.508 e. The van der Waals surface area contributed by atoms with Crippen LogP contribution in [0.4, 0.5) is 0 Å². The summed E-state index contributed by atoms with van der Waals surface area (Å²) in [5.41, 5.74) is 0.267. The fourth-order valence-electron chi connectivity index (χ4n) is 3.79. The molecule has 4 rings (SSSR count). The van der Waals surface area contributed by atoms with Gasteiger partial charge in [-0.1, -0.05) is 12.1 Å². The van der Waals surface area contributed by atoms with Crippen LogP contribution in [0.3, 0.4) is 0 Å². The van der Waals surface area contributed by atoms with Gasteiger partial charge in [0.25, 0.3) is 0 Å². The number of carbonyl (C=O) groups excluding carboxylic acids is 4. The quantitative estimate of drug-likeness (QED) is 0.291. The molecule has 0 aliphatic heterocycles. The number of rotatable bonds is 5. The Morgan fingerprint density at radius 2 is 1.24 bits per heavy atom. The summed E-state index contributed by atoms with van der Waals surface area (Å²) in [7, 11) is 0. The first-order valence-corrected chi connectivity index (χ1v) is 10.8. The normalized spacial score (nSPS) is 10.8. The lowest BCUT2D eigenvalue weighted by atomic mass is 9.99. The van der Waals surface area contributed by atoms with Gasteiger partial charge in [-0.25, -0.2) is 0 Å². The van der Waals surface area contributed by atoms with Gasteiger partial charge in [-0.3, -0.25) is 19.2 Å². The average Bonchev–Trinajstić information content (AvgIpc) is 3.14. The third-order valence-electron chi connectivity index (χ3n) is 5.01. The van der Waals surface area contributed by atoms with Crippen molar-refractivity contribution in [2.24, 2.45) is 0 Å². The molecule has 2 N–H and O–H groups in total. The van der Waals surface area contributed by atoms with Crippen LogP contribution in [-0.4, -0.2) is 34.1 Å². The zero-order chi connectivity index (χ0) is 27.0. The maximum Gasteiger partial charge on any atom is 0.308 e. The molecule has 0 saturated carbocycles. The summed E-state index contributed by atoms with van der Waals surface area (Å²) in [6, 6.07) is 8.04. The van der Waals surface area contributed by atoms with Crippen LogP contribution in [0.5, 0.6) is 34.5 Å². The van der Waals surface area contributed by atoms with Crippen molar-refractivity contribution in [3.63, 3.8) is 0 Å². The lowest BCUT2D eigenvalue weighted by Crippen LogP contribution is -2.11. The van der Waals surface area contributed by atoms with Crippen molar-refractivity contribution in [2.75, 3.05) is 0 Å². The molecular weight excluding hydrogens is 488 g/mol. The minimum absolute atomic E-state index is 0.0117. The topological polar surface area (TPSA) is 159 Å². The summed E-state index contributed by atoms with van der Waals surface area (Å²) < 4.78 is 27.5. The zero-order valence-electron chi connectivity index (χ0n) is 20.0. The van der Waals surface area contributed by atoms with Crippen LogP contribution >= 0.6 is 0 Å². The molecule has 0 fully saturated rings. The molecule has 0 aliphatic carbocycles. The molecule has 0 unspecified atom stereocenters. The number of hydrogen-bond acceptors (Lipinski definition) is 11. The van der Waals surface area contributed by atoms with Gasteiger partial charge in [0.2, 0.25) is 0 Å². The van der Waals surface area contributed by atoms with Gasteiger partial charge < -0.3 is 33.6 Å².